The van der Waals surface area contributed by atoms with Crippen LogP contribution in [0.15, 0.2) is 130 Å². The molecule has 2 aromatic carbocycles. The molecule has 0 aliphatic heterocycles. The van der Waals surface area contributed by atoms with Gasteiger partial charge in [-0.2, -0.15) is 10.2 Å². The molecule has 0 atom stereocenters. The summed E-state index contributed by atoms with van der Waals surface area (Å²) in [4.78, 5) is 6.04. The summed E-state index contributed by atoms with van der Waals surface area (Å²) in [6.45, 7) is 5.57. The first-order valence-corrected chi connectivity index (χ1v) is 18.2. The topological polar surface area (TPSA) is 164 Å². The maximum Gasteiger partial charge on any atom is 0.196 e. The summed E-state index contributed by atoms with van der Waals surface area (Å²) >= 11 is 0. The standard InChI is InChI=1S/C39H54N10O4/c1-45(18-5-22-47-20-3-7-37(33-47)44-42-35-10-14-39(15-11-35)49(26-30-52)27-31-53)23-17-40-16-4-21-46-19-2-6-36(32-46)43-41-34-8-12-38(13-9-34)48(24-28-50)25-29-51/h2-3,6-15,17,19-20,23,32-33,40,50-53H,4-5,16,18,21-22,24-31H2,1H3/q+2/p+1/b23-17-,43-41?,44-42?. The second kappa shape index (κ2) is 23.4. The predicted molar refractivity (Wildman–Crippen MR) is 205 cm³/mol. The van der Waals surface area contributed by atoms with Crippen molar-refractivity contribution in [2.75, 3.05) is 82.5 Å². The van der Waals surface area contributed by atoms with E-state index in [1.807, 2.05) is 107 Å². The van der Waals surface area contributed by atoms with Crippen LogP contribution in [0, 0.1) is 0 Å². The number of nitrogens with two attached hydrogens (primary N) is 1. The molecule has 2 aromatic heterocycles. The van der Waals surface area contributed by atoms with E-state index in [0.29, 0.717) is 26.2 Å². The third-order valence-corrected chi connectivity index (χ3v) is 8.35. The van der Waals surface area contributed by atoms with Crippen molar-refractivity contribution < 1.29 is 34.9 Å². The first kappa shape index (κ1) is 40.6. The molecule has 0 amide bonds. The molecular weight excluding hydrogens is 672 g/mol. The third-order valence-electron chi connectivity index (χ3n) is 8.35. The molecule has 6 N–H and O–H groups in total. The van der Waals surface area contributed by atoms with E-state index >= 15 is 0 Å². The minimum atomic E-state index is 0.0234. The van der Waals surface area contributed by atoms with Crippen LogP contribution in [0.25, 0.3) is 0 Å². The SMILES string of the molecule is CN(/C=C\[NH2+]CCC[n+]1cccc(N=Nc2ccc(N(CCO)CCO)cc2)c1)CCC[n+]1cccc(N=Nc2ccc(N(CCO)CCO)cc2)c1. The van der Waals surface area contributed by atoms with Crippen molar-refractivity contribution >= 4 is 34.1 Å². The number of aryl methyl sites for hydroxylation is 2. The number of pyridine rings is 2. The number of hydrogen-bond donors (Lipinski definition) is 5. The summed E-state index contributed by atoms with van der Waals surface area (Å²) in [5.41, 5.74) is 4.87. The highest BCUT2D eigenvalue weighted by molar-refractivity contribution is 5.54. The summed E-state index contributed by atoms with van der Waals surface area (Å²) in [7, 11) is 2.09. The van der Waals surface area contributed by atoms with Gasteiger partial charge in [0, 0.05) is 69.7 Å². The van der Waals surface area contributed by atoms with Crippen molar-refractivity contribution in [2.24, 2.45) is 20.5 Å². The van der Waals surface area contributed by atoms with Gasteiger partial charge in [-0.1, -0.05) is 0 Å². The van der Waals surface area contributed by atoms with Crippen molar-refractivity contribution in [2.45, 2.75) is 25.9 Å². The van der Waals surface area contributed by atoms with E-state index in [4.69, 9.17) is 0 Å². The first-order valence-electron chi connectivity index (χ1n) is 18.2. The Morgan fingerprint density at radius 2 is 1.00 bits per heavy atom. The van der Waals surface area contributed by atoms with Crippen LogP contribution in [-0.2, 0) is 13.1 Å². The molecule has 0 radical (unpaired) electrons. The van der Waals surface area contributed by atoms with Crippen LogP contribution in [0.2, 0.25) is 0 Å². The lowest BCUT2D eigenvalue weighted by Gasteiger charge is -2.22. The van der Waals surface area contributed by atoms with Gasteiger partial charge < -0.3 is 40.4 Å². The Hall–Kier alpha value is -5.12. The van der Waals surface area contributed by atoms with Crippen LogP contribution in [0.4, 0.5) is 34.1 Å². The molecule has 2 heterocycles. The third kappa shape index (κ3) is 14.8. The molecule has 0 spiro atoms. The molecular formula is C39H55N10O4+3. The van der Waals surface area contributed by atoms with E-state index in [2.05, 4.69) is 59.3 Å². The summed E-state index contributed by atoms with van der Waals surface area (Å²) in [6, 6.07) is 23.0. The zero-order valence-corrected chi connectivity index (χ0v) is 30.7. The zero-order chi connectivity index (χ0) is 37.5. The highest BCUT2D eigenvalue weighted by Crippen LogP contribution is 2.23. The molecule has 14 heteroatoms. The van der Waals surface area contributed by atoms with Crippen LogP contribution < -0.4 is 24.3 Å². The minimum absolute atomic E-state index is 0.0234. The van der Waals surface area contributed by atoms with E-state index in [-0.39, 0.29) is 26.4 Å². The van der Waals surface area contributed by atoms with Crippen LogP contribution in [0.1, 0.15) is 12.8 Å². The molecule has 14 nitrogen and oxygen atoms in total. The van der Waals surface area contributed by atoms with Crippen molar-refractivity contribution in [1.29, 1.82) is 0 Å². The van der Waals surface area contributed by atoms with Gasteiger partial charge in [0.1, 0.15) is 24.1 Å². The summed E-state index contributed by atoms with van der Waals surface area (Å²) in [6.07, 6.45) is 14.3. The lowest BCUT2D eigenvalue weighted by Crippen LogP contribution is -2.78. The number of nitrogens with zero attached hydrogens (tertiary/aromatic N) is 9. The molecule has 4 aromatic rings. The quantitative estimate of drug-likeness (QED) is 0.0421. The van der Waals surface area contributed by atoms with E-state index in [1.54, 1.807) is 0 Å². The van der Waals surface area contributed by atoms with Crippen LogP contribution >= 0.6 is 0 Å². The van der Waals surface area contributed by atoms with Gasteiger partial charge in [0.15, 0.2) is 31.3 Å². The smallest absolute Gasteiger partial charge is 0.196 e. The molecule has 53 heavy (non-hydrogen) atoms. The van der Waals surface area contributed by atoms with Crippen molar-refractivity contribution in [3.05, 3.63) is 110 Å². The highest BCUT2D eigenvalue weighted by Gasteiger charge is 2.08. The molecule has 0 unspecified atom stereocenters. The number of anilines is 2. The molecule has 0 bridgehead atoms. The number of aromatic nitrogens is 2. The number of rotatable bonds is 24. The van der Waals surface area contributed by atoms with Gasteiger partial charge in [-0.05, 0) is 60.7 Å². The number of benzene rings is 2. The van der Waals surface area contributed by atoms with E-state index in [9.17, 15) is 20.4 Å². The largest absolute Gasteiger partial charge is 0.395 e. The Morgan fingerprint density at radius 3 is 1.45 bits per heavy atom. The summed E-state index contributed by atoms with van der Waals surface area (Å²) in [5.74, 6) is 0. The van der Waals surface area contributed by atoms with E-state index in [0.717, 1.165) is 73.1 Å². The van der Waals surface area contributed by atoms with Gasteiger partial charge >= 0.3 is 0 Å². The van der Waals surface area contributed by atoms with Gasteiger partial charge in [0.2, 0.25) is 0 Å². The Kier molecular flexibility index (Phi) is 18.0. The molecule has 0 fully saturated rings. The lowest BCUT2D eigenvalue weighted by atomic mass is 10.2. The Balaban J connectivity index is 1.13. The van der Waals surface area contributed by atoms with Gasteiger partial charge in [0.25, 0.3) is 0 Å². The fourth-order valence-electron chi connectivity index (χ4n) is 5.60. The number of aliphatic hydroxyl groups excluding tert-OH is 4. The maximum atomic E-state index is 9.27. The fourth-order valence-corrected chi connectivity index (χ4v) is 5.60. The van der Waals surface area contributed by atoms with Gasteiger partial charge in [0.05, 0.1) is 57.0 Å². The van der Waals surface area contributed by atoms with Crippen molar-refractivity contribution in [3.63, 3.8) is 0 Å². The number of hydrogen-bond acceptors (Lipinski definition) is 11. The second-order valence-corrected chi connectivity index (χ2v) is 12.5. The maximum absolute atomic E-state index is 9.27. The molecule has 0 saturated heterocycles. The molecule has 0 aliphatic rings. The van der Waals surface area contributed by atoms with Crippen molar-refractivity contribution in [1.82, 2.24) is 4.90 Å². The molecule has 0 aliphatic carbocycles. The average Bonchev–Trinajstić information content (AvgIpc) is 3.18. The number of aliphatic hydroxyl groups is 4. The second-order valence-electron chi connectivity index (χ2n) is 12.5. The summed E-state index contributed by atoms with van der Waals surface area (Å²) in [5, 5.41) is 56.9. The van der Waals surface area contributed by atoms with E-state index in [1.165, 1.54) is 0 Å². The zero-order valence-electron chi connectivity index (χ0n) is 30.7. The number of azo groups is 2. The van der Waals surface area contributed by atoms with E-state index < -0.39 is 0 Å². The average molecular weight is 728 g/mol. The highest BCUT2D eigenvalue weighted by atomic mass is 16.3. The molecule has 282 valence electrons. The van der Waals surface area contributed by atoms with Gasteiger partial charge in [-0.3, -0.25) is 0 Å². The van der Waals surface area contributed by atoms with Gasteiger partial charge in [-0.15, -0.1) is 10.2 Å². The lowest BCUT2D eigenvalue weighted by molar-refractivity contribution is -0.703. The Bertz CT molecular complexity index is 1690. The monoisotopic (exact) mass is 727 g/mol. The minimum Gasteiger partial charge on any atom is -0.395 e. The van der Waals surface area contributed by atoms with Gasteiger partial charge in [-0.25, -0.2) is 9.13 Å². The Labute approximate surface area is 312 Å². The predicted octanol–water partition coefficient (Wildman–Crippen LogP) is 3.12. The summed E-state index contributed by atoms with van der Waals surface area (Å²) < 4.78 is 4.26. The molecule has 4 rings (SSSR count). The van der Waals surface area contributed by atoms with Crippen LogP contribution in [0.3, 0.4) is 0 Å². The fraction of sp³-hybridized carbons (Fsp3) is 0.385. The molecule has 0 saturated carbocycles. The van der Waals surface area contributed by atoms with Crippen molar-refractivity contribution in [3.8, 4) is 0 Å². The first-order chi connectivity index (χ1) is 26.0. The number of quaternary nitrogens is 1. The van der Waals surface area contributed by atoms with Crippen LogP contribution in [0.5, 0.6) is 0 Å². The normalized spacial score (nSPS) is 11.6. The van der Waals surface area contributed by atoms with Crippen LogP contribution in [-0.4, -0.2) is 98.1 Å². The Morgan fingerprint density at radius 1 is 0.566 bits per heavy atom.